The number of primary amides is 1. The summed E-state index contributed by atoms with van der Waals surface area (Å²) in [7, 11) is 0. The molecule has 20 heavy (non-hydrogen) atoms. The van der Waals surface area contributed by atoms with E-state index in [4.69, 9.17) is 17.3 Å². The van der Waals surface area contributed by atoms with Gasteiger partial charge in [0.1, 0.15) is 0 Å². The number of benzene rings is 2. The van der Waals surface area contributed by atoms with Gasteiger partial charge in [0.05, 0.1) is 16.8 Å². The molecule has 4 nitrogen and oxygen atoms in total. The third-order valence-corrected chi connectivity index (χ3v) is 3.51. The van der Waals surface area contributed by atoms with Crippen molar-refractivity contribution in [1.29, 1.82) is 0 Å². The number of para-hydroxylation sites is 1. The standard InChI is InChI=1S/C14H10BrClN2O2/c15-11-7-8(16)5-6-9(11)14(20)18-12-4-2-1-3-10(12)13(17)19/h1-7H,(H2,17,19)(H,18,20). The lowest BCUT2D eigenvalue weighted by Gasteiger charge is -2.10. The zero-order valence-electron chi connectivity index (χ0n) is 10.2. The van der Waals surface area contributed by atoms with Crippen LogP contribution in [-0.4, -0.2) is 11.8 Å². The first kappa shape index (κ1) is 14.6. The van der Waals surface area contributed by atoms with Gasteiger partial charge in [0.2, 0.25) is 0 Å². The summed E-state index contributed by atoms with van der Waals surface area (Å²) in [5, 5.41) is 3.18. The lowest BCUT2D eigenvalue weighted by atomic mass is 10.1. The number of hydrogen-bond acceptors (Lipinski definition) is 2. The zero-order chi connectivity index (χ0) is 14.7. The van der Waals surface area contributed by atoms with Gasteiger partial charge in [-0.1, -0.05) is 23.7 Å². The van der Waals surface area contributed by atoms with Crippen LogP contribution in [0.2, 0.25) is 5.02 Å². The lowest BCUT2D eigenvalue weighted by Crippen LogP contribution is -2.18. The number of carbonyl (C=O) groups excluding carboxylic acids is 2. The highest BCUT2D eigenvalue weighted by atomic mass is 79.9. The molecule has 0 aliphatic carbocycles. The summed E-state index contributed by atoms with van der Waals surface area (Å²) in [6.07, 6.45) is 0. The molecule has 0 aliphatic heterocycles. The van der Waals surface area contributed by atoms with Gasteiger partial charge in [0.15, 0.2) is 0 Å². The van der Waals surface area contributed by atoms with Crippen LogP contribution in [0, 0.1) is 0 Å². The summed E-state index contributed by atoms with van der Waals surface area (Å²) in [6, 6.07) is 11.4. The van der Waals surface area contributed by atoms with E-state index < -0.39 is 5.91 Å². The maximum absolute atomic E-state index is 12.2. The Hall–Kier alpha value is -1.85. The fourth-order valence-corrected chi connectivity index (χ4v) is 2.53. The minimum atomic E-state index is -0.601. The van der Waals surface area contributed by atoms with E-state index in [0.29, 0.717) is 20.7 Å². The number of nitrogens with one attached hydrogen (secondary N) is 1. The highest BCUT2D eigenvalue weighted by Gasteiger charge is 2.14. The maximum atomic E-state index is 12.2. The van der Waals surface area contributed by atoms with Crippen molar-refractivity contribution in [1.82, 2.24) is 0 Å². The van der Waals surface area contributed by atoms with Crippen molar-refractivity contribution in [3.8, 4) is 0 Å². The van der Waals surface area contributed by atoms with E-state index in [2.05, 4.69) is 21.2 Å². The van der Waals surface area contributed by atoms with Crippen LogP contribution in [0.15, 0.2) is 46.9 Å². The topological polar surface area (TPSA) is 72.2 Å². The van der Waals surface area contributed by atoms with Crippen LogP contribution >= 0.6 is 27.5 Å². The molecular weight excluding hydrogens is 344 g/mol. The fourth-order valence-electron chi connectivity index (χ4n) is 1.67. The number of nitrogens with two attached hydrogens (primary N) is 1. The van der Waals surface area contributed by atoms with Crippen LogP contribution in [0.5, 0.6) is 0 Å². The Bertz CT molecular complexity index is 689. The SMILES string of the molecule is NC(=O)c1ccccc1NC(=O)c1ccc(Cl)cc1Br. The van der Waals surface area contributed by atoms with Crippen LogP contribution in [0.25, 0.3) is 0 Å². The van der Waals surface area contributed by atoms with Gasteiger partial charge in [0.25, 0.3) is 11.8 Å². The normalized spacial score (nSPS) is 10.1. The van der Waals surface area contributed by atoms with Crippen molar-refractivity contribution >= 4 is 45.0 Å². The van der Waals surface area contributed by atoms with E-state index in [1.807, 2.05) is 0 Å². The van der Waals surface area contributed by atoms with Crippen molar-refractivity contribution in [2.75, 3.05) is 5.32 Å². The molecule has 0 aliphatic rings. The molecule has 6 heteroatoms. The molecule has 0 radical (unpaired) electrons. The monoisotopic (exact) mass is 352 g/mol. The molecule has 0 bridgehead atoms. The summed E-state index contributed by atoms with van der Waals surface area (Å²) >= 11 is 9.10. The van der Waals surface area contributed by atoms with Gasteiger partial charge in [0, 0.05) is 9.50 Å². The van der Waals surface area contributed by atoms with Gasteiger partial charge in [-0.05, 0) is 46.3 Å². The molecule has 0 heterocycles. The number of anilines is 1. The van der Waals surface area contributed by atoms with Gasteiger partial charge in [-0.15, -0.1) is 0 Å². The highest BCUT2D eigenvalue weighted by molar-refractivity contribution is 9.10. The minimum absolute atomic E-state index is 0.255. The van der Waals surface area contributed by atoms with Crippen molar-refractivity contribution in [2.24, 2.45) is 5.73 Å². The van der Waals surface area contributed by atoms with Crippen LogP contribution in [0.3, 0.4) is 0 Å². The summed E-state index contributed by atoms with van der Waals surface area (Å²) in [6.45, 7) is 0. The second kappa shape index (κ2) is 6.07. The molecule has 0 unspecified atom stereocenters. The molecule has 2 aromatic carbocycles. The summed E-state index contributed by atoms with van der Waals surface area (Å²) in [5.41, 5.74) is 6.30. The Morgan fingerprint density at radius 3 is 2.45 bits per heavy atom. The second-order valence-corrected chi connectivity index (χ2v) is 5.28. The fraction of sp³-hybridized carbons (Fsp3) is 0. The van der Waals surface area contributed by atoms with E-state index in [1.54, 1.807) is 42.5 Å². The predicted octanol–water partition coefficient (Wildman–Crippen LogP) is 3.45. The molecule has 0 fully saturated rings. The Labute approximate surface area is 129 Å². The van der Waals surface area contributed by atoms with Gasteiger partial charge < -0.3 is 11.1 Å². The number of hydrogen-bond donors (Lipinski definition) is 2. The van der Waals surface area contributed by atoms with Crippen LogP contribution in [0.1, 0.15) is 20.7 Å². The Balaban J connectivity index is 2.30. The largest absolute Gasteiger partial charge is 0.366 e. The quantitative estimate of drug-likeness (QED) is 0.887. The van der Waals surface area contributed by atoms with Crippen molar-refractivity contribution in [3.05, 3.63) is 63.1 Å². The van der Waals surface area contributed by atoms with Gasteiger partial charge >= 0.3 is 0 Å². The van der Waals surface area contributed by atoms with E-state index >= 15 is 0 Å². The smallest absolute Gasteiger partial charge is 0.256 e. The Morgan fingerprint density at radius 1 is 1.10 bits per heavy atom. The molecular formula is C14H10BrClN2O2. The second-order valence-electron chi connectivity index (χ2n) is 3.99. The summed E-state index contributed by atoms with van der Waals surface area (Å²) in [4.78, 5) is 23.5. The molecule has 2 aromatic rings. The first-order chi connectivity index (χ1) is 9.49. The minimum Gasteiger partial charge on any atom is -0.366 e. The average Bonchev–Trinajstić information content (AvgIpc) is 2.38. The number of carbonyl (C=O) groups is 2. The predicted molar refractivity (Wildman–Crippen MR) is 82.1 cm³/mol. The lowest BCUT2D eigenvalue weighted by molar-refractivity contribution is 0.100. The molecule has 2 amide bonds. The van der Waals surface area contributed by atoms with Crippen molar-refractivity contribution < 1.29 is 9.59 Å². The molecule has 0 aromatic heterocycles. The van der Waals surface area contributed by atoms with E-state index in [0.717, 1.165) is 0 Å². The van der Waals surface area contributed by atoms with Gasteiger partial charge in [-0.25, -0.2) is 0 Å². The molecule has 102 valence electrons. The van der Waals surface area contributed by atoms with Gasteiger partial charge in [-0.2, -0.15) is 0 Å². The summed E-state index contributed by atoms with van der Waals surface area (Å²) in [5.74, 6) is -0.960. The van der Waals surface area contributed by atoms with Crippen LogP contribution in [0.4, 0.5) is 5.69 Å². The van der Waals surface area contributed by atoms with Crippen molar-refractivity contribution in [3.63, 3.8) is 0 Å². The third-order valence-electron chi connectivity index (χ3n) is 2.62. The van der Waals surface area contributed by atoms with E-state index in [1.165, 1.54) is 0 Å². The molecule has 0 saturated carbocycles. The first-order valence-corrected chi connectivity index (χ1v) is 6.81. The molecule has 0 atom stereocenters. The Kier molecular flexibility index (Phi) is 4.42. The molecule has 2 rings (SSSR count). The Morgan fingerprint density at radius 2 is 1.80 bits per heavy atom. The third kappa shape index (κ3) is 3.18. The molecule has 0 saturated heterocycles. The number of rotatable bonds is 3. The number of amides is 2. The number of halogens is 2. The summed E-state index contributed by atoms with van der Waals surface area (Å²) < 4.78 is 0.569. The van der Waals surface area contributed by atoms with E-state index in [-0.39, 0.29) is 11.5 Å². The zero-order valence-corrected chi connectivity index (χ0v) is 12.5. The average molecular weight is 354 g/mol. The first-order valence-electron chi connectivity index (χ1n) is 5.64. The maximum Gasteiger partial charge on any atom is 0.256 e. The van der Waals surface area contributed by atoms with E-state index in [9.17, 15) is 9.59 Å². The molecule has 3 N–H and O–H groups in total. The van der Waals surface area contributed by atoms with Gasteiger partial charge in [-0.3, -0.25) is 9.59 Å². The molecule has 0 spiro atoms. The van der Waals surface area contributed by atoms with Crippen LogP contribution < -0.4 is 11.1 Å². The van der Waals surface area contributed by atoms with Crippen LogP contribution in [-0.2, 0) is 0 Å². The highest BCUT2D eigenvalue weighted by Crippen LogP contribution is 2.23. The van der Waals surface area contributed by atoms with Crippen molar-refractivity contribution in [2.45, 2.75) is 0 Å².